The van der Waals surface area contributed by atoms with Crippen LogP contribution in [0.4, 0.5) is 0 Å². The van der Waals surface area contributed by atoms with Gasteiger partial charge in [-0.05, 0) is 20.8 Å². The summed E-state index contributed by atoms with van der Waals surface area (Å²) in [5.41, 5.74) is 2.71. The highest BCUT2D eigenvalue weighted by molar-refractivity contribution is 5.29. The molecule has 70 valence electrons. The molecule has 1 aliphatic carbocycles. The van der Waals surface area contributed by atoms with Gasteiger partial charge in [0.05, 0.1) is 0 Å². The minimum Gasteiger partial charge on any atom is -0.102 e. The maximum atomic E-state index is 3.87. The van der Waals surface area contributed by atoms with Crippen LogP contribution in [0, 0.1) is 11.8 Å². The van der Waals surface area contributed by atoms with E-state index in [0.29, 0.717) is 11.8 Å². The van der Waals surface area contributed by atoms with Gasteiger partial charge < -0.3 is 0 Å². The maximum absolute atomic E-state index is 3.87. The van der Waals surface area contributed by atoms with Crippen molar-refractivity contribution in [1.82, 2.24) is 0 Å². The van der Waals surface area contributed by atoms with Gasteiger partial charge in [-0.1, -0.05) is 41.5 Å². The highest BCUT2D eigenvalue weighted by Gasteiger charge is 2.14. The zero-order valence-electron chi connectivity index (χ0n) is 8.75. The standard InChI is InChI=1S/C13H18/c1-5-12-9-11(4)6-7-13(12)8-10(2)3/h5-9,12-13H,1H2,2-4H3. The summed E-state index contributed by atoms with van der Waals surface area (Å²) in [4.78, 5) is 0. The Balaban J connectivity index is 2.83. The van der Waals surface area contributed by atoms with Crippen molar-refractivity contribution in [2.45, 2.75) is 20.8 Å². The molecule has 0 spiro atoms. The fourth-order valence-corrected chi connectivity index (χ4v) is 1.64. The summed E-state index contributed by atoms with van der Waals surface area (Å²) in [6, 6.07) is 0. The van der Waals surface area contributed by atoms with Crippen LogP contribution < -0.4 is 0 Å². The molecule has 13 heavy (non-hydrogen) atoms. The van der Waals surface area contributed by atoms with Crippen LogP contribution in [0.5, 0.6) is 0 Å². The van der Waals surface area contributed by atoms with Gasteiger partial charge >= 0.3 is 0 Å². The van der Waals surface area contributed by atoms with Gasteiger partial charge in [-0.3, -0.25) is 0 Å². The first-order valence-corrected chi connectivity index (χ1v) is 4.77. The Morgan fingerprint density at radius 3 is 2.62 bits per heavy atom. The predicted molar refractivity (Wildman–Crippen MR) is 59.5 cm³/mol. The van der Waals surface area contributed by atoms with Crippen LogP contribution in [0.25, 0.3) is 0 Å². The molecule has 0 amide bonds. The zero-order chi connectivity index (χ0) is 9.84. The molecule has 1 aliphatic rings. The van der Waals surface area contributed by atoms with Gasteiger partial charge in [-0.15, -0.1) is 6.58 Å². The van der Waals surface area contributed by atoms with E-state index in [9.17, 15) is 0 Å². The summed E-state index contributed by atoms with van der Waals surface area (Å²) >= 11 is 0. The van der Waals surface area contributed by atoms with E-state index in [1.165, 1.54) is 11.1 Å². The minimum absolute atomic E-state index is 0.472. The fraction of sp³-hybridized carbons (Fsp3) is 0.385. The predicted octanol–water partition coefficient (Wildman–Crippen LogP) is 3.89. The van der Waals surface area contributed by atoms with Crippen LogP contribution in [0.15, 0.2) is 48.1 Å². The highest BCUT2D eigenvalue weighted by Crippen LogP contribution is 2.25. The Labute approximate surface area is 81.4 Å². The lowest BCUT2D eigenvalue weighted by atomic mass is 9.85. The monoisotopic (exact) mass is 174 g/mol. The number of hydrogen-bond donors (Lipinski definition) is 0. The summed E-state index contributed by atoms with van der Waals surface area (Å²) in [6.45, 7) is 10.3. The fourth-order valence-electron chi connectivity index (χ4n) is 1.64. The summed E-state index contributed by atoms with van der Waals surface area (Å²) in [6.07, 6.45) is 11.0. The summed E-state index contributed by atoms with van der Waals surface area (Å²) in [5.74, 6) is 0.978. The average molecular weight is 174 g/mol. The van der Waals surface area contributed by atoms with Gasteiger partial charge in [-0.25, -0.2) is 0 Å². The van der Waals surface area contributed by atoms with Crippen molar-refractivity contribution in [3.05, 3.63) is 48.1 Å². The van der Waals surface area contributed by atoms with Crippen molar-refractivity contribution >= 4 is 0 Å². The van der Waals surface area contributed by atoms with E-state index >= 15 is 0 Å². The summed E-state index contributed by atoms with van der Waals surface area (Å²) in [7, 11) is 0. The highest BCUT2D eigenvalue weighted by atomic mass is 14.2. The summed E-state index contributed by atoms with van der Waals surface area (Å²) in [5, 5.41) is 0. The molecule has 0 saturated carbocycles. The lowest BCUT2D eigenvalue weighted by molar-refractivity contribution is 0.659. The topological polar surface area (TPSA) is 0 Å². The summed E-state index contributed by atoms with van der Waals surface area (Å²) < 4.78 is 0. The number of hydrogen-bond acceptors (Lipinski definition) is 0. The molecule has 1 rings (SSSR count). The largest absolute Gasteiger partial charge is 0.102 e. The van der Waals surface area contributed by atoms with E-state index in [-0.39, 0.29) is 0 Å². The van der Waals surface area contributed by atoms with Crippen LogP contribution in [-0.4, -0.2) is 0 Å². The molecule has 0 aromatic heterocycles. The van der Waals surface area contributed by atoms with Crippen LogP contribution in [-0.2, 0) is 0 Å². The average Bonchev–Trinajstić information content (AvgIpc) is 2.07. The third-order valence-electron chi connectivity index (χ3n) is 2.28. The van der Waals surface area contributed by atoms with Crippen molar-refractivity contribution < 1.29 is 0 Å². The SMILES string of the molecule is C=CC1C=C(C)C=CC1C=C(C)C. The lowest BCUT2D eigenvalue weighted by Gasteiger charge is -2.20. The molecule has 0 heteroatoms. The van der Waals surface area contributed by atoms with Crippen LogP contribution in [0.3, 0.4) is 0 Å². The minimum atomic E-state index is 0.472. The Morgan fingerprint density at radius 2 is 2.08 bits per heavy atom. The first kappa shape index (κ1) is 10.0. The van der Waals surface area contributed by atoms with Crippen molar-refractivity contribution in [2.75, 3.05) is 0 Å². The Morgan fingerprint density at radius 1 is 1.38 bits per heavy atom. The van der Waals surface area contributed by atoms with Gasteiger partial charge in [0.15, 0.2) is 0 Å². The van der Waals surface area contributed by atoms with E-state index in [2.05, 4.69) is 51.7 Å². The molecule has 0 aromatic rings. The molecule has 0 saturated heterocycles. The molecule has 0 aromatic carbocycles. The molecule has 0 radical (unpaired) electrons. The van der Waals surface area contributed by atoms with E-state index < -0.39 is 0 Å². The lowest BCUT2D eigenvalue weighted by Crippen LogP contribution is -2.09. The number of allylic oxidation sites excluding steroid dienone is 7. The van der Waals surface area contributed by atoms with Crippen molar-refractivity contribution in [2.24, 2.45) is 11.8 Å². The third-order valence-corrected chi connectivity index (χ3v) is 2.28. The normalized spacial score (nSPS) is 26.5. The maximum Gasteiger partial charge on any atom is 0.00499 e. The molecule has 0 aliphatic heterocycles. The number of rotatable bonds is 2. The molecule has 0 N–H and O–H groups in total. The van der Waals surface area contributed by atoms with E-state index in [1.54, 1.807) is 0 Å². The van der Waals surface area contributed by atoms with E-state index in [0.717, 1.165) is 0 Å². The Kier molecular flexibility index (Phi) is 3.30. The third kappa shape index (κ3) is 2.73. The second kappa shape index (κ2) is 4.27. The second-order valence-electron chi connectivity index (χ2n) is 3.90. The molecular weight excluding hydrogens is 156 g/mol. The van der Waals surface area contributed by atoms with Crippen molar-refractivity contribution in [1.29, 1.82) is 0 Å². The smallest absolute Gasteiger partial charge is 0.00499 e. The van der Waals surface area contributed by atoms with Crippen LogP contribution in [0.1, 0.15) is 20.8 Å². The zero-order valence-corrected chi connectivity index (χ0v) is 8.75. The molecule has 0 fully saturated rings. The molecule has 0 nitrogen and oxygen atoms in total. The van der Waals surface area contributed by atoms with Gasteiger partial charge in [0.25, 0.3) is 0 Å². The Bertz CT molecular complexity index is 272. The van der Waals surface area contributed by atoms with Gasteiger partial charge in [0, 0.05) is 11.8 Å². The van der Waals surface area contributed by atoms with Crippen LogP contribution >= 0.6 is 0 Å². The molecule has 2 atom stereocenters. The van der Waals surface area contributed by atoms with Crippen LogP contribution in [0.2, 0.25) is 0 Å². The van der Waals surface area contributed by atoms with Crippen molar-refractivity contribution in [3.8, 4) is 0 Å². The Hall–Kier alpha value is -1.04. The van der Waals surface area contributed by atoms with Gasteiger partial charge in [0.2, 0.25) is 0 Å². The van der Waals surface area contributed by atoms with Gasteiger partial charge in [0.1, 0.15) is 0 Å². The van der Waals surface area contributed by atoms with Crippen molar-refractivity contribution in [3.63, 3.8) is 0 Å². The molecule has 2 unspecified atom stereocenters. The van der Waals surface area contributed by atoms with E-state index in [1.807, 2.05) is 6.08 Å². The molecule has 0 heterocycles. The molecule has 0 bridgehead atoms. The first-order chi connectivity index (χ1) is 6.13. The van der Waals surface area contributed by atoms with E-state index in [4.69, 9.17) is 0 Å². The first-order valence-electron chi connectivity index (χ1n) is 4.77. The second-order valence-corrected chi connectivity index (χ2v) is 3.90. The quantitative estimate of drug-likeness (QED) is 0.557. The van der Waals surface area contributed by atoms with Gasteiger partial charge in [-0.2, -0.15) is 0 Å². The molecular formula is C13H18.